The van der Waals surface area contributed by atoms with Crippen LogP contribution in [-0.2, 0) is 4.74 Å². The summed E-state index contributed by atoms with van der Waals surface area (Å²) in [5.74, 6) is 0. The van der Waals surface area contributed by atoms with Crippen LogP contribution in [0.3, 0.4) is 0 Å². The molecule has 4 heteroatoms. The van der Waals surface area contributed by atoms with E-state index >= 15 is 0 Å². The van der Waals surface area contributed by atoms with Gasteiger partial charge in [-0.05, 0) is 46.1 Å². The lowest BCUT2D eigenvalue weighted by atomic mass is 10.1. The largest absolute Gasteiger partial charge is 0.443 e. The predicted molar refractivity (Wildman–Crippen MR) is 62.0 cm³/mol. The maximum Gasteiger partial charge on any atom is 0.414 e. The van der Waals surface area contributed by atoms with Gasteiger partial charge < -0.3 is 9.84 Å². The smallest absolute Gasteiger partial charge is 0.414 e. The topological polar surface area (TPSA) is 49.8 Å². The Kier molecular flexibility index (Phi) is 4.35. The van der Waals surface area contributed by atoms with Gasteiger partial charge in [-0.15, -0.1) is 0 Å². The van der Waals surface area contributed by atoms with E-state index < -0.39 is 5.60 Å². The molecule has 0 radical (unpaired) electrons. The standard InChI is InChI=1S/C12H21NO3/c1-12(2,3)16-11(15)13-8-5-4-6-10(13)7-9-14/h7,14H,4-6,8-9H2,1-3H3. The number of hydrogen-bond donors (Lipinski definition) is 1. The average Bonchev–Trinajstić information content (AvgIpc) is 2.16. The van der Waals surface area contributed by atoms with Crippen LogP contribution in [0.15, 0.2) is 11.8 Å². The van der Waals surface area contributed by atoms with Crippen LogP contribution in [0.4, 0.5) is 4.79 Å². The summed E-state index contributed by atoms with van der Waals surface area (Å²) in [4.78, 5) is 13.5. The predicted octanol–water partition coefficient (Wildman–Crippen LogP) is 2.28. The van der Waals surface area contributed by atoms with Crippen LogP contribution in [0.2, 0.25) is 0 Å². The second-order valence-corrected chi connectivity index (χ2v) is 4.97. The summed E-state index contributed by atoms with van der Waals surface area (Å²) in [5.41, 5.74) is 0.404. The molecular formula is C12H21NO3. The van der Waals surface area contributed by atoms with Crippen LogP contribution in [0.25, 0.3) is 0 Å². The molecule has 1 saturated heterocycles. The first-order valence-corrected chi connectivity index (χ1v) is 5.74. The number of amides is 1. The maximum absolute atomic E-state index is 11.9. The fraction of sp³-hybridized carbons (Fsp3) is 0.750. The van der Waals surface area contributed by atoms with E-state index in [9.17, 15) is 4.79 Å². The highest BCUT2D eigenvalue weighted by molar-refractivity contribution is 5.70. The number of aliphatic hydroxyl groups is 1. The van der Waals surface area contributed by atoms with Gasteiger partial charge in [0.05, 0.1) is 6.61 Å². The number of aliphatic hydroxyl groups excluding tert-OH is 1. The molecule has 92 valence electrons. The highest BCUT2D eigenvalue weighted by Gasteiger charge is 2.26. The number of carbonyl (C=O) groups is 1. The molecular weight excluding hydrogens is 206 g/mol. The van der Waals surface area contributed by atoms with Gasteiger partial charge in [0.15, 0.2) is 0 Å². The van der Waals surface area contributed by atoms with E-state index in [4.69, 9.17) is 9.84 Å². The number of carbonyl (C=O) groups excluding carboxylic acids is 1. The SMILES string of the molecule is CC(C)(C)OC(=O)N1CCCCC1=CCO. The molecule has 0 aliphatic carbocycles. The van der Waals surface area contributed by atoms with Crippen molar-refractivity contribution in [3.63, 3.8) is 0 Å². The van der Waals surface area contributed by atoms with Crippen LogP contribution in [0.5, 0.6) is 0 Å². The zero-order valence-corrected chi connectivity index (χ0v) is 10.3. The molecule has 4 nitrogen and oxygen atoms in total. The molecule has 1 aliphatic heterocycles. The lowest BCUT2D eigenvalue weighted by Crippen LogP contribution is -2.38. The first-order valence-electron chi connectivity index (χ1n) is 5.74. The maximum atomic E-state index is 11.9. The van der Waals surface area contributed by atoms with Crippen molar-refractivity contribution in [1.29, 1.82) is 0 Å². The number of nitrogens with zero attached hydrogens (tertiary/aromatic N) is 1. The molecule has 0 aromatic heterocycles. The van der Waals surface area contributed by atoms with E-state index in [0.717, 1.165) is 25.0 Å². The molecule has 0 unspecified atom stereocenters. The van der Waals surface area contributed by atoms with E-state index in [1.807, 2.05) is 20.8 Å². The second kappa shape index (κ2) is 5.34. The van der Waals surface area contributed by atoms with Crippen LogP contribution in [0.1, 0.15) is 40.0 Å². The fourth-order valence-electron chi connectivity index (χ4n) is 1.70. The lowest BCUT2D eigenvalue weighted by molar-refractivity contribution is 0.0285. The minimum atomic E-state index is -0.473. The van der Waals surface area contributed by atoms with Crippen molar-refractivity contribution in [1.82, 2.24) is 4.90 Å². The summed E-state index contributed by atoms with van der Waals surface area (Å²) in [7, 11) is 0. The van der Waals surface area contributed by atoms with Crippen LogP contribution < -0.4 is 0 Å². The zero-order chi connectivity index (χ0) is 12.2. The van der Waals surface area contributed by atoms with E-state index in [0.29, 0.717) is 6.54 Å². The van der Waals surface area contributed by atoms with E-state index in [1.54, 1.807) is 11.0 Å². The number of allylic oxidation sites excluding steroid dienone is 1. The third-order valence-corrected chi connectivity index (χ3v) is 2.35. The van der Waals surface area contributed by atoms with E-state index in [1.165, 1.54) is 0 Å². The number of piperidine rings is 1. The zero-order valence-electron chi connectivity index (χ0n) is 10.3. The Hall–Kier alpha value is -1.03. The molecule has 0 atom stereocenters. The Bertz CT molecular complexity index is 278. The summed E-state index contributed by atoms with van der Waals surface area (Å²) in [6.07, 6.45) is 4.25. The van der Waals surface area contributed by atoms with Gasteiger partial charge in [-0.3, -0.25) is 4.90 Å². The number of hydrogen-bond acceptors (Lipinski definition) is 3. The minimum absolute atomic E-state index is 0.0331. The average molecular weight is 227 g/mol. The highest BCUT2D eigenvalue weighted by Crippen LogP contribution is 2.22. The summed E-state index contributed by atoms with van der Waals surface area (Å²) in [6.45, 7) is 6.20. The van der Waals surface area contributed by atoms with Crippen LogP contribution in [-0.4, -0.2) is 34.9 Å². The van der Waals surface area contributed by atoms with E-state index in [-0.39, 0.29) is 12.7 Å². The molecule has 1 rings (SSSR count). The Labute approximate surface area is 96.9 Å². The summed E-state index contributed by atoms with van der Waals surface area (Å²) >= 11 is 0. The Morgan fingerprint density at radius 1 is 1.50 bits per heavy atom. The highest BCUT2D eigenvalue weighted by atomic mass is 16.6. The Balaban J connectivity index is 2.68. The van der Waals surface area contributed by atoms with E-state index in [2.05, 4.69) is 0 Å². The summed E-state index contributed by atoms with van der Waals surface area (Å²) < 4.78 is 5.32. The van der Waals surface area contributed by atoms with Crippen molar-refractivity contribution < 1.29 is 14.6 Å². The van der Waals surface area contributed by atoms with Crippen molar-refractivity contribution in [2.24, 2.45) is 0 Å². The molecule has 0 aromatic rings. The van der Waals surface area contributed by atoms with Crippen molar-refractivity contribution >= 4 is 6.09 Å². The monoisotopic (exact) mass is 227 g/mol. The van der Waals surface area contributed by atoms with Gasteiger partial charge in [0, 0.05) is 12.2 Å². The minimum Gasteiger partial charge on any atom is -0.443 e. The van der Waals surface area contributed by atoms with Gasteiger partial charge in [0.25, 0.3) is 0 Å². The second-order valence-electron chi connectivity index (χ2n) is 4.97. The van der Waals surface area contributed by atoms with Crippen molar-refractivity contribution in [2.45, 2.75) is 45.6 Å². The van der Waals surface area contributed by atoms with Gasteiger partial charge in [-0.1, -0.05) is 0 Å². The van der Waals surface area contributed by atoms with Gasteiger partial charge in [-0.2, -0.15) is 0 Å². The molecule has 1 heterocycles. The quantitative estimate of drug-likeness (QED) is 0.747. The number of ether oxygens (including phenoxy) is 1. The molecule has 0 aromatic carbocycles. The van der Waals surface area contributed by atoms with Gasteiger partial charge in [0.2, 0.25) is 0 Å². The molecule has 1 aliphatic rings. The molecule has 0 saturated carbocycles. The third-order valence-electron chi connectivity index (χ3n) is 2.35. The Morgan fingerprint density at radius 3 is 2.75 bits per heavy atom. The molecule has 0 bridgehead atoms. The van der Waals surface area contributed by atoms with Crippen molar-refractivity contribution in [2.75, 3.05) is 13.2 Å². The molecule has 16 heavy (non-hydrogen) atoms. The van der Waals surface area contributed by atoms with Crippen molar-refractivity contribution in [3.05, 3.63) is 11.8 Å². The summed E-state index contributed by atoms with van der Waals surface area (Å²) in [5, 5.41) is 8.90. The third kappa shape index (κ3) is 3.85. The molecule has 0 spiro atoms. The normalized spacial score (nSPS) is 20.0. The fourth-order valence-corrected chi connectivity index (χ4v) is 1.70. The summed E-state index contributed by atoms with van der Waals surface area (Å²) in [6, 6.07) is 0. The van der Waals surface area contributed by atoms with Crippen LogP contribution >= 0.6 is 0 Å². The van der Waals surface area contributed by atoms with Gasteiger partial charge >= 0.3 is 6.09 Å². The van der Waals surface area contributed by atoms with Gasteiger partial charge in [0.1, 0.15) is 5.60 Å². The molecule has 1 amide bonds. The number of rotatable bonds is 1. The Morgan fingerprint density at radius 2 is 2.19 bits per heavy atom. The lowest BCUT2D eigenvalue weighted by Gasteiger charge is -2.32. The van der Waals surface area contributed by atoms with Crippen molar-refractivity contribution in [3.8, 4) is 0 Å². The molecule has 1 fully saturated rings. The first kappa shape index (κ1) is 13.0. The van der Waals surface area contributed by atoms with Gasteiger partial charge in [-0.25, -0.2) is 4.79 Å². The first-order chi connectivity index (χ1) is 7.44. The molecule has 1 N–H and O–H groups in total. The van der Waals surface area contributed by atoms with Crippen LogP contribution in [0, 0.1) is 0 Å². The number of likely N-dealkylation sites (tertiary alicyclic amines) is 1.